The van der Waals surface area contributed by atoms with Gasteiger partial charge in [0.2, 0.25) is 0 Å². The zero-order valence-electron chi connectivity index (χ0n) is 11.6. The van der Waals surface area contributed by atoms with Crippen molar-refractivity contribution < 1.29 is 19.1 Å². The molecule has 0 radical (unpaired) electrons. The van der Waals surface area contributed by atoms with Crippen molar-refractivity contribution >= 4 is 17.5 Å². The first-order valence-electron chi connectivity index (χ1n) is 6.34. The van der Waals surface area contributed by atoms with Gasteiger partial charge in [-0.15, -0.1) is 0 Å². The van der Waals surface area contributed by atoms with Crippen LogP contribution in [0.3, 0.4) is 0 Å². The number of hydrogen-bond acceptors (Lipinski definition) is 3. The second-order valence-corrected chi connectivity index (χ2v) is 4.84. The SMILES string of the molecule is CC(C)(F)C(=O)Nc1ccc(C(=O)NCCCO)cc1. The molecule has 0 bridgehead atoms. The number of rotatable bonds is 6. The molecular formula is C14H19FN2O3. The number of hydrogen-bond donors (Lipinski definition) is 3. The van der Waals surface area contributed by atoms with Gasteiger partial charge in [0.1, 0.15) is 0 Å². The zero-order valence-corrected chi connectivity index (χ0v) is 11.6. The summed E-state index contributed by atoms with van der Waals surface area (Å²) in [4.78, 5) is 23.1. The van der Waals surface area contributed by atoms with E-state index in [1.807, 2.05) is 0 Å². The van der Waals surface area contributed by atoms with Gasteiger partial charge in [-0.1, -0.05) is 0 Å². The van der Waals surface area contributed by atoms with Gasteiger partial charge < -0.3 is 15.7 Å². The molecule has 0 aliphatic heterocycles. The Bertz CT molecular complexity index is 466. The first kappa shape index (κ1) is 16.1. The lowest BCUT2D eigenvalue weighted by molar-refractivity contribution is -0.125. The van der Waals surface area contributed by atoms with Gasteiger partial charge >= 0.3 is 0 Å². The quantitative estimate of drug-likeness (QED) is 0.692. The summed E-state index contributed by atoms with van der Waals surface area (Å²) in [5.74, 6) is -1.00. The van der Waals surface area contributed by atoms with Crippen molar-refractivity contribution in [1.29, 1.82) is 0 Å². The predicted octanol–water partition coefficient (Wildman–Crippen LogP) is 1.49. The topological polar surface area (TPSA) is 78.4 Å². The Balaban J connectivity index is 2.60. The summed E-state index contributed by atoms with van der Waals surface area (Å²) >= 11 is 0. The van der Waals surface area contributed by atoms with Crippen molar-refractivity contribution in [3.8, 4) is 0 Å². The molecule has 0 fully saturated rings. The fourth-order valence-corrected chi connectivity index (χ4v) is 1.37. The van der Waals surface area contributed by atoms with Gasteiger partial charge in [-0.2, -0.15) is 0 Å². The molecule has 1 aromatic rings. The van der Waals surface area contributed by atoms with Crippen LogP contribution in [0.4, 0.5) is 10.1 Å². The van der Waals surface area contributed by atoms with E-state index in [0.29, 0.717) is 24.2 Å². The van der Waals surface area contributed by atoms with Gasteiger partial charge in [0, 0.05) is 24.4 Å². The number of carbonyl (C=O) groups is 2. The Labute approximate surface area is 117 Å². The molecule has 0 aliphatic carbocycles. The number of aliphatic hydroxyl groups excluding tert-OH is 1. The van der Waals surface area contributed by atoms with E-state index in [1.54, 1.807) is 0 Å². The Morgan fingerprint density at radius 1 is 1.25 bits per heavy atom. The predicted molar refractivity (Wildman–Crippen MR) is 74.3 cm³/mol. The summed E-state index contributed by atoms with van der Waals surface area (Å²) in [6, 6.07) is 6.14. The summed E-state index contributed by atoms with van der Waals surface area (Å²) in [5, 5.41) is 13.7. The van der Waals surface area contributed by atoms with E-state index >= 15 is 0 Å². The summed E-state index contributed by atoms with van der Waals surface area (Å²) in [6.45, 7) is 2.75. The number of nitrogens with one attached hydrogen (secondary N) is 2. The van der Waals surface area contributed by atoms with Crippen molar-refractivity contribution in [1.82, 2.24) is 5.32 Å². The minimum absolute atomic E-state index is 0.0181. The second kappa shape index (κ2) is 7.00. The van der Waals surface area contributed by atoms with E-state index in [0.717, 1.165) is 0 Å². The van der Waals surface area contributed by atoms with Crippen LogP contribution in [0.15, 0.2) is 24.3 Å². The Kier molecular flexibility index (Phi) is 5.64. The normalized spacial score (nSPS) is 11.0. The molecule has 20 heavy (non-hydrogen) atoms. The fraction of sp³-hybridized carbons (Fsp3) is 0.429. The van der Waals surface area contributed by atoms with E-state index in [4.69, 9.17) is 5.11 Å². The highest BCUT2D eigenvalue weighted by Crippen LogP contribution is 2.14. The van der Waals surface area contributed by atoms with Crippen molar-refractivity contribution in [2.24, 2.45) is 0 Å². The molecule has 0 unspecified atom stereocenters. The maximum absolute atomic E-state index is 13.4. The van der Waals surface area contributed by atoms with Crippen LogP contribution in [0.2, 0.25) is 0 Å². The van der Waals surface area contributed by atoms with Crippen LogP contribution in [-0.2, 0) is 4.79 Å². The van der Waals surface area contributed by atoms with Gasteiger partial charge in [-0.25, -0.2) is 4.39 Å². The first-order chi connectivity index (χ1) is 9.34. The number of amides is 2. The van der Waals surface area contributed by atoms with Crippen LogP contribution in [-0.4, -0.2) is 35.7 Å². The molecule has 6 heteroatoms. The molecule has 0 aromatic heterocycles. The summed E-state index contributed by atoms with van der Waals surface area (Å²) in [5.41, 5.74) is -1.10. The van der Waals surface area contributed by atoms with Gasteiger partial charge in [0.25, 0.3) is 11.8 Å². The second-order valence-electron chi connectivity index (χ2n) is 4.84. The van der Waals surface area contributed by atoms with Crippen LogP contribution in [0.1, 0.15) is 30.6 Å². The van der Waals surface area contributed by atoms with Crippen LogP contribution in [0, 0.1) is 0 Å². The molecule has 110 valence electrons. The molecular weight excluding hydrogens is 263 g/mol. The third kappa shape index (κ3) is 4.97. The molecule has 5 nitrogen and oxygen atoms in total. The highest BCUT2D eigenvalue weighted by atomic mass is 19.1. The molecule has 0 aliphatic rings. The van der Waals surface area contributed by atoms with Crippen LogP contribution < -0.4 is 10.6 Å². The van der Waals surface area contributed by atoms with E-state index < -0.39 is 11.6 Å². The molecule has 0 atom stereocenters. The number of aliphatic hydroxyl groups is 1. The van der Waals surface area contributed by atoms with Crippen LogP contribution >= 0.6 is 0 Å². The van der Waals surface area contributed by atoms with Crippen molar-refractivity contribution in [2.75, 3.05) is 18.5 Å². The first-order valence-corrected chi connectivity index (χ1v) is 6.34. The average molecular weight is 282 g/mol. The molecule has 3 N–H and O–H groups in total. The fourth-order valence-electron chi connectivity index (χ4n) is 1.37. The molecule has 0 heterocycles. The van der Waals surface area contributed by atoms with Gasteiger partial charge in [0.05, 0.1) is 0 Å². The molecule has 0 spiro atoms. The van der Waals surface area contributed by atoms with Gasteiger partial charge in [0.15, 0.2) is 5.67 Å². The van der Waals surface area contributed by atoms with Crippen LogP contribution in [0.5, 0.6) is 0 Å². The maximum atomic E-state index is 13.4. The lowest BCUT2D eigenvalue weighted by atomic mass is 10.1. The molecule has 1 rings (SSSR count). The highest BCUT2D eigenvalue weighted by molar-refractivity contribution is 5.98. The van der Waals surface area contributed by atoms with Crippen LogP contribution in [0.25, 0.3) is 0 Å². The number of carbonyl (C=O) groups excluding carboxylic acids is 2. The largest absolute Gasteiger partial charge is 0.396 e. The number of halogens is 1. The third-order valence-electron chi connectivity index (χ3n) is 2.57. The van der Waals surface area contributed by atoms with Crippen molar-refractivity contribution in [3.05, 3.63) is 29.8 Å². The van der Waals surface area contributed by atoms with E-state index in [9.17, 15) is 14.0 Å². The minimum atomic E-state index is -1.96. The minimum Gasteiger partial charge on any atom is -0.396 e. The summed E-state index contributed by atoms with van der Waals surface area (Å²) < 4.78 is 13.4. The van der Waals surface area contributed by atoms with E-state index in [2.05, 4.69) is 10.6 Å². The zero-order chi connectivity index (χ0) is 15.2. The summed E-state index contributed by atoms with van der Waals surface area (Å²) in [6.07, 6.45) is 0.492. The van der Waals surface area contributed by atoms with E-state index in [-0.39, 0.29) is 12.5 Å². The molecule has 0 saturated carbocycles. The van der Waals surface area contributed by atoms with Gasteiger partial charge in [-0.05, 0) is 44.5 Å². The lowest BCUT2D eigenvalue weighted by Gasteiger charge is -2.14. The molecule has 2 amide bonds. The lowest BCUT2D eigenvalue weighted by Crippen LogP contribution is -2.32. The number of benzene rings is 1. The monoisotopic (exact) mass is 282 g/mol. The Hall–Kier alpha value is -1.95. The Morgan fingerprint density at radius 2 is 1.85 bits per heavy atom. The number of anilines is 1. The van der Waals surface area contributed by atoms with E-state index in [1.165, 1.54) is 38.1 Å². The smallest absolute Gasteiger partial charge is 0.261 e. The average Bonchev–Trinajstić information content (AvgIpc) is 2.38. The molecule has 1 aromatic carbocycles. The summed E-state index contributed by atoms with van der Waals surface area (Å²) in [7, 11) is 0. The number of alkyl halides is 1. The standard InChI is InChI=1S/C14H19FN2O3/c1-14(2,15)13(20)17-11-6-4-10(5-7-11)12(19)16-8-3-9-18/h4-7,18H,3,8-9H2,1-2H3,(H,16,19)(H,17,20). The maximum Gasteiger partial charge on any atom is 0.261 e. The highest BCUT2D eigenvalue weighted by Gasteiger charge is 2.26. The van der Waals surface area contributed by atoms with Crippen molar-refractivity contribution in [3.63, 3.8) is 0 Å². The van der Waals surface area contributed by atoms with Crippen molar-refractivity contribution in [2.45, 2.75) is 25.9 Å². The molecule has 0 saturated heterocycles. The third-order valence-corrected chi connectivity index (χ3v) is 2.57. The van der Waals surface area contributed by atoms with Gasteiger partial charge in [-0.3, -0.25) is 9.59 Å². The Morgan fingerprint density at radius 3 is 2.35 bits per heavy atom.